The van der Waals surface area contributed by atoms with E-state index in [9.17, 15) is 5.11 Å². The van der Waals surface area contributed by atoms with Gasteiger partial charge in [0.25, 0.3) is 0 Å². The quantitative estimate of drug-likeness (QED) is 0.873. The van der Waals surface area contributed by atoms with Gasteiger partial charge < -0.3 is 9.84 Å². The van der Waals surface area contributed by atoms with Gasteiger partial charge in [0.15, 0.2) is 0 Å². The third kappa shape index (κ3) is 3.16. The van der Waals surface area contributed by atoms with Crippen LogP contribution in [0, 0.1) is 0 Å². The molecule has 4 heteroatoms. The van der Waals surface area contributed by atoms with Crippen molar-refractivity contribution in [3.8, 4) is 11.5 Å². The lowest BCUT2D eigenvalue weighted by molar-refractivity contribution is 0.199. The lowest BCUT2D eigenvalue weighted by Crippen LogP contribution is -1.91. The van der Waals surface area contributed by atoms with Crippen LogP contribution in [-0.2, 0) is 0 Å². The Morgan fingerprint density at radius 1 is 1.06 bits per heavy atom. The molecule has 2 nitrogen and oxygen atoms in total. The summed E-state index contributed by atoms with van der Waals surface area (Å²) in [7, 11) is 0. The number of ether oxygens (including phenoxy) is 1. The number of hydrogen-bond acceptors (Lipinski definition) is 2. The summed E-state index contributed by atoms with van der Waals surface area (Å²) in [5.41, 5.74) is 0.833. The highest BCUT2D eigenvalue weighted by atomic mass is 35.5. The number of halogens is 2. The summed E-state index contributed by atoms with van der Waals surface area (Å²) in [5, 5.41) is 10.5. The Bertz CT molecular complexity index is 536. The van der Waals surface area contributed by atoms with E-state index in [2.05, 4.69) is 0 Å². The zero-order valence-corrected chi connectivity index (χ0v) is 11.2. The molecular formula is C14H12Cl2O2. The summed E-state index contributed by atoms with van der Waals surface area (Å²) in [5.74, 6) is 1.15. The van der Waals surface area contributed by atoms with Crippen LogP contribution in [0.2, 0.25) is 10.0 Å². The first-order valence-corrected chi connectivity index (χ1v) is 6.23. The number of aliphatic hydroxyl groups is 1. The van der Waals surface area contributed by atoms with Crippen LogP contribution >= 0.6 is 23.2 Å². The highest BCUT2D eigenvalue weighted by Crippen LogP contribution is 2.32. The minimum atomic E-state index is -0.492. The largest absolute Gasteiger partial charge is 0.456 e. The maximum absolute atomic E-state index is 9.41. The summed E-state index contributed by atoms with van der Waals surface area (Å²) < 4.78 is 5.63. The molecule has 0 heterocycles. The molecule has 0 saturated heterocycles. The average Bonchev–Trinajstić information content (AvgIpc) is 2.34. The number of hydrogen-bond donors (Lipinski definition) is 1. The summed E-state index contributed by atoms with van der Waals surface area (Å²) in [4.78, 5) is 0. The smallest absolute Gasteiger partial charge is 0.147 e. The molecule has 0 aromatic heterocycles. The van der Waals surface area contributed by atoms with E-state index < -0.39 is 6.10 Å². The van der Waals surface area contributed by atoms with Crippen molar-refractivity contribution in [2.75, 3.05) is 0 Å². The maximum atomic E-state index is 9.41. The molecule has 2 rings (SSSR count). The Kier molecular flexibility index (Phi) is 4.12. The van der Waals surface area contributed by atoms with Gasteiger partial charge >= 0.3 is 0 Å². The van der Waals surface area contributed by atoms with E-state index in [0.29, 0.717) is 21.5 Å². The first kappa shape index (κ1) is 13.2. The molecule has 18 heavy (non-hydrogen) atoms. The molecule has 0 fully saturated rings. The predicted molar refractivity (Wildman–Crippen MR) is 73.6 cm³/mol. The van der Waals surface area contributed by atoms with Crippen LogP contribution in [0.3, 0.4) is 0 Å². The van der Waals surface area contributed by atoms with Crippen LogP contribution < -0.4 is 4.74 Å². The van der Waals surface area contributed by atoms with Crippen LogP contribution in [0.4, 0.5) is 0 Å². The molecule has 2 aromatic rings. The Labute approximate surface area is 116 Å². The van der Waals surface area contributed by atoms with Crippen molar-refractivity contribution in [1.82, 2.24) is 0 Å². The number of aliphatic hydroxyl groups excluding tert-OH is 1. The fourth-order valence-electron chi connectivity index (χ4n) is 1.50. The SMILES string of the molecule is CC(O)c1ccc(Oc2cc(Cl)ccc2Cl)cc1. The second kappa shape index (κ2) is 5.61. The highest BCUT2D eigenvalue weighted by Gasteiger charge is 2.05. The lowest BCUT2D eigenvalue weighted by atomic mass is 10.1. The molecule has 94 valence electrons. The van der Waals surface area contributed by atoms with Crippen molar-refractivity contribution in [1.29, 1.82) is 0 Å². The van der Waals surface area contributed by atoms with Crippen molar-refractivity contribution in [3.05, 3.63) is 58.1 Å². The summed E-state index contributed by atoms with van der Waals surface area (Å²) in [6.07, 6.45) is -0.492. The van der Waals surface area contributed by atoms with Gasteiger partial charge in [-0.2, -0.15) is 0 Å². The Hall–Kier alpha value is -1.22. The monoisotopic (exact) mass is 282 g/mol. The Morgan fingerprint density at radius 2 is 1.72 bits per heavy atom. The van der Waals surface area contributed by atoms with E-state index in [0.717, 1.165) is 5.56 Å². The summed E-state index contributed by atoms with van der Waals surface area (Å²) >= 11 is 11.9. The van der Waals surface area contributed by atoms with E-state index in [-0.39, 0.29) is 0 Å². The van der Waals surface area contributed by atoms with Crippen molar-refractivity contribution in [2.24, 2.45) is 0 Å². The second-order valence-electron chi connectivity index (χ2n) is 3.92. The maximum Gasteiger partial charge on any atom is 0.147 e. The fraction of sp³-hybridized carbons (Fsp3) is 0.143. The topological polar surface area (TPSA) is 29.5 Å². The van der Waals surface area contributed by atoms with Gasteiger partial charge in [-0.1, -0.05) is 35.3 Å². The Morgan fingerprint density at radius 3 is 2.33 bits per heavy atom. The van der Waals surface area contributed by atoms with Gasteiger partial charge in [-0.25, -0.2) is 0 Å². The highest BCUT2D eigenvalue weighted by molar-refractivity contribution is 6.34. The minimum absolute atomic E-state index is 0.492. The second-order valence-corrected chi connectivity index (χ2v) is 4.77. The van der Waals surface area contributed by atoms with E-state index >= 15 is 0 Å². The van der Waals surface area contributed by atoms with Gasteiger partial charge in [0.05, 0.1) is 11.1 Å². The average molecular weight is 283 g/mol. The molecule has 2 aromatic carbocycles. The van der Waals surface area contributed by atoms with Crippen LogP contribution in [0.1, 0.15) is 18.6 Å². The van der Waals surface area contributed by atoms with Gasteiger partial charge in [-0.15, -0.1) is 0 Å². The fourth-order valence-corrected chi connectivity index (χ4v) is 1.81. The summed E-state index contributed by atoms with van der Waals surface area (Å²) in [6, 6.07) is 12.2. The van der Waals surface area contributed by atoms with Crippen molar-refractivity contribution in [2.45, 2.75) is 13.0 Å². The number of rotatable bonds is 3. The molecule has 0 radical (unpaired) electrons. The molecule has 0 aliphatic heterocycles. The van der Waals surface area contributed by atoms with Crippen LogP contribution in [0.5, 0.6) is 11.5 Å². The van der Waals surface area contributed by atoms with Gasteiger partial charge in [0.2, 0.25) is 0 Å². The first-order valence-electron chi connectivity index (χ1n) is 5.47. The molecular weight excluding hydrogens is 271 g/mol. The molecule has 0 bridgehead atoms. The first-order chi connectivity index (χ1) is 8.56. The molecule has 1 atom stereocenters. The molecule has 0 spiro atoms. The van der Waals surface area contributed by atoms with Crippen molar-refractivity contribution >= 4 is 23.2 Å². The van der Waals surface area contributed by atoms with E-state index in [1.807, 2.05) is 0 Å². The standard InChI is InChI=1S/C14H12Cl2O2/c1-9(17)10-2-5-12(6-3-10)18-14-8-11(15)4-7-13(14)16/h2-9,17H,1H3. The normalized spacial score (nSPS) is 12.2. The third-order valence-electron chi connectivity index (χ3n) is 2.48. The lowest BCUT2D eigenvalue weighted by Gasteiger charge is -2.09. The third-order valence-corrected chi connectivity index (χ3v) is 3.03. The van der Waals surface area contributed by atoms with Gasteiger partial charge in [0, 0.05) is 11.1 Å². The predicted octanol–water partition coefficient (Wildman–Crippen LogP) is 4.84. The zero-order valence-electron chi connectivity index (χ0n) is 9.73. The van der Waals surface area contributed by atoms with Gasteiger partial charge in [-0.3, -0.25) is 0 Å². The molecule has 1 unspecified atom stereocenters. The van der Waals surface area contributed by atoms with E-state index in [1.54, 1.807) is 49.4 Å². The van der Waals surface area contributed by atoms with E-state index in [1.165, 1.54) is 0 Å². The Balaban J connectivity index is 2.21. The molecule has 0 aliphatic rings. The van der Waals surface area contributed by atoms with E-state index in [4.69, 9.17) is 27.9 Å². The van der Waals surface area contributed by atoms with Gasteiger partial charge in [-0.05, 0) is 36.8 Å². The van der Waals surface area contributed by atoms with Crippen LogP contribution in [0.25, 0.3) is 0 Å². The number of benzene rings is 2. The van der Waals surface area contributed by atoms with Crippen molar-refractivity contribution < 1.29 is 9.84 Å². The van der Waals surface area contributed by atoms with Gasteiger partial charge in [0.1, 0.15) is 11.5 Å². The molecule has 1 N–H and O–H groups in total. The molecule has 0 amide bonds. The minimum Gasteiger partial charge on any atom is -0.456 e. The van der Waals surface area contributed by atoms with Crippen LogP contribution in [-0.4, -0.2) is 5.11 Å². The molecule has 0 saturated carbocycles. The summed E-state index contributed by atoms with van der Waals surface area (Å²) in [6.45, 7) is 1.71. The zero-order chi connectivity index (χ0) is 13.1. The van der Waals surface area contributed by atoms with Crippen LogP contribution in [0.15, 0.2) is 42.5 Å². The van der Waals surface area contributed by atoms with Crippen molar-refractivity contribution in [3.63, 3.8) is 0 Å². The molecule has 0 aliphatic carbocycles.